The lowest BCUT2D eigenvalue weighted by atomic mass is 10.2. The number of para-hydroxylation sites is 1. The SMILES string of the molecule is COC(CC(=O)O)c1ccn(-c2ccccc2)n1. The summed E-state index contributed by atoms with van der Waals surface area (Å²) in [6.07, 6.45) is 1.17. The third-order valence-electron chi connectivity index (χ3n) is 2.60. The number of nitrogens with zero attached hydrogens (tertiary/aromatic N) is 2. The summed E-state index contributed by atoms with van der Waals surface area (Å²) < 4.78 is 6.84. The Bertz CT molecular complexity index is 522. The Balaban J connectivity index is 2.22. The van der Waals surface area contributed by atoms with E-state index in [0.717, 1.165) is 5.69 Å². The Morgan fingerprint density at radius 3 is 2.72 bits per heavy atom. The van der Waals surface area contributed by atoms with Crippen LogP contribution in [0.25, 0.3) is 5.69 Å². The van der Waals surface area contributed by atoms with Crippen LogP contribution in [0.15, 0.2) is 42.6 Å². The molecular weight excluding hydrogens is 232 g/mol. The molecule has 1 heterocycles. The fraction of sp³-hybridized carbons (Fsp3) is 0.231. The van der Waals surface area contributed by atoms with Gasteiger partial charge in [-0.05, 0) is 18.2 Å². The van der Waals surface area contributed by atoms with Gasteiger partial charge in [-0.3, -0.25) is 4.79 Å². The average Bonchev–Trinajstić information content (AvgIpc) is 2.86. The minimum absolute atomic E-state index is 0.0949. The summed E-state index contributed by atoms with van der Waals surface area (Å²) >= 11 is 0. The van der Waals surface area contributed by atoms with Crippen LogP contribution in [0.3, 0.4) is 0 Å². The molecule has 0 aliphatic carbocycles. The van der Waals surface area contributed by atoms with E-state index >= 15 is 0 Å². The Kier molecular flexibility index (Phi) is 3.74. The first-order chi connectivity index (χ1) is 8.70. The third kappa shape index (κ3) is 2.75. The van der Waals surface area contributed by atoms with Crippen LogP contribution in [0.1, 0.15) is 18.2 Å². The van der Waals surface area contributed by atoms with E-state index in [4.69, 9.17) is 9.84 Å². The molecule has 1 aromatic carbocycles. The number of hydrogen-bond donors (Lipinski definition) is 1. The zero-order valence-electron chi connectivity index (χ0n) is 9.98. The van der Waals surface area contributed by atoms with Crippen molar-refractivity contribution in [1.29, 1.82) is 0 Å². The van der Waals surface area contributed by atoms with Gasteiger partial charge in [0.05, 0.1) is 17.8 Å². The summed E-state index contributed by atoms with van der Waals surface area (Å²) in [5, 5.41) is 13.1. The van der Waals surface area contributed by atoms with Crippen LogP contribution in [-0.2, 0) is 9.53 Å². The van der Waals surface area contributed by atoms with E-state index < -0.39 is 12.1 Å². The normalized spacial score (nSPS) is 12.3. The van der Waals surface area contributed by atoms with Crippen LogP contribution in [0.5, 0.6) is 0 Å². The molecule has 1 unspecified atom stereocenters. The molecular formula is C13H14N2O3. The molecule has 0 amide bonds. The third-order valence-corrected chi connectivity index (χ3v) is 2.60. The molecule has 0 aliphatic rings. The molecule has 1 atom stereocenters. The maximum Gasteiger partial charge on any atom is 0.306 e. The van der Waals surface area contributed by atoms with Crippen molar-refractivity contribution in [1.82, 2.24) is 9.78 Å². The van der Waals surface area contributed by atoms with E-state index in [1.54, 1.807) is 16.9 Å². The van der Waals surface area contributed by atoms with Gasteiger partial charge in [0.25, 0.3) is 0 Å². The zero-order valence-corrected chi connectivity index (χ0v) is 9.98. The summed E-state index contributed by atoms with van der Waals surface area (Å²) in [6, 6.07) is 11.4. The highest BCUT2D eigenvalue weighted by Gasteiger charge is 2.17. The maximum atomic E-state index is 10.7. The van der Waals surface area contributed by atoms with Crippen molar-refractivity contribution in [2.75, 3.05) is 7.11 Å². The molecule has 1 aromatic heterocycles. The van der Waals surface area contributed by atoms with Crippen LogP contribution in [0, 0.1) is 0 Å². The van der Waals surface area contributed by atoms with Crippen LogP contribution in [-0.4, -0.2) is 28.0 Å². The molecule has 5 heteroatoms. The fourth-order valence-corrected chi connectivity index (χ4v) is 1.70. The van der Waals surface area contributed by atoms with Crippen LogP contribution < -0.4 is 0 Å². The summed E-state index contributed by atoms with van der Waals surface area (Å²) in [4.78, 5) is 10.7. The fourth-order valence-electron chi connectivity index (χ4n) is 1.70. The van der Waals surface area contributed by atoms with Crippen molar-refractivity contribution in [3.63, 3.8) is 0 Å². The molecule has 0 bridgehead atoms. The largest absolute Gasteiger partial charge is 0.481 e. The Labute approximate surface area is 105 Å². The molecule has 5 nitrogen and oxygen atoms in total. The number of carboxylic acids is 1. The van der Waals surface area contributed by atoms with Crippen LogP contribution >= 0.6 is 0 Å². The molecule has 0 radical (unpaired) electrons. The standard InChI is InChI=1S/C13H14N2O3/c1-18-12(9-13(16)17)11-7-8-15(14-11)10-5-3-2-4-6-10/h2-8,12H,9H2,1H3,(H,16,17). The zero-order chi connectivity index (χ0) is 13.0. The summed E-state index contributed by atoms with van der Waals surface area (Å²) in [5.41, 5.74) is 1.54. The first-order valence-corrected chi connectivity index (χ1v) is 5.56. The monoisotopic (exact) mass is 246 g/mol. The molecule has 0 aliphatic heterocycles. The first kappa shape index (κ1) is 12.3. The smallest absolute Gasteiger partial charge is 0.306 e. The summed E-state index contributed by atoms with van der Waals surface area (Å²) in [5.74, 6) is -0.906. The number of methoxy groups -OCH3 is 1. The Morgan fingerprint density at radius 1 is 1.39 bits per heavy atom. The highest BCUT2D eigenvalue weighted by molar-refractivity contribution is 5.67. The van der Waals surface area contributed by atoms with E-state index in [-0.39, 0.29) is 6.42 Å². The number of aliphatic carboxylic acids is 1. The molecule has 0 spiro atoms. The van der Waals surface area contributed by atoms with Gasteiger partial charge in [-0.2, -0.15) is 5.10 Å². The van der Waals surface area contributed by atoms with Crippen LogP contribution in [0.4, 0.5) is 0 Å². The second-order valence-electron chi connectivity index (χ2n) is 3.84. The van der Waals surface area contributed by atoms with Gasteiger partial charge in [0.1, 0.15) is 6.10 Å². The second kappa shape index (κ2) is 5.46. The first-order valence-electron chi connectivity index (χ1n) is 5.56. The van der Waals surface area contributed by atoms with Crippen molar-refractivity contribution in [3.8, 4) is 5.69 Å². The van der Waals surface area contributed by atoms with Crippen LogP contribution in [0.2, 0.25) is 0 Å². The van der Waals surface area contributed by atoms with Crippen molar-refractivity contribution < 1.29 is 14.6 Å². The van der Waals surface area contributed by atoms with Crippen molar-refractivity contribution >= 4 is 5.97 Å². The Hall–Kier alpha value is -2.14. The minimum Gasteiger partial charge on any atom is -0.481 e. The van der Waals surface area contributed by atoms with E-state index in [9.17, 15) is 4.79 Å². The topological polar surface area (TPSA) is 64.3 Å². The Morgan fingerprint density at radius 2 is 2.11 bits per heavy atom. The number of aromatic nitrogens is 2. The molecule has 0 saturated carbocycles. The maximum absolute atomic E-state index is 10.7. The predicted octanol–water partition coefficient (Wildman–Crippen LogP) is 2.03. The molecule has 2 aromatic rings. The summed E-state index contributed by atoms with van der Waals surface area (Å²) in [6.45, 7) is 0. The van der Waals surface area contributed by atoms with Crippen molar-refractivity contribution in [2.45, 2.75) is 12.5 Å². The molecule has 0 fully saturated rings. The quantitative estimate of drug-likeness (QED) is 0.876. The van der Waals surface area contributed by atoms with E-state index in [2.05, 4.69) is 5.10 Å². The highest BCUT2D eigenvalue weighted by Crippen LogP contribution is 2.19. The molecule has 18 heavy (non-hydrogen) atoms. The summed E-state index contributed by atoms with van der Waals surface area (Å²) in [7, 11) is 1.48. The number of carboxylic acid groups (broad SMARTS) is 1. The second-order valence-corrected chi connectivity index (χ2v) is 3.84. The number of hydrogen-bond acceptors (Lipinski definition) is 3. The van der Waals surface area contributed by atoms with Gasteiger partial charge >= 0.3 is 5.97 Å². The van der Waals surface area contributed by atoms with Gasteiger partial charge in [0.15, 0.2) is 0 Å². The lowest BCUT2D eigenvalue weighted by molar-refractivity contribution is -0.139. The predicted molar refractivity (Wildman–Crippen MR) is 65.6 cm³/mol. The number of rotatable bonds is 5. The highest BCUT2D eigenvalue weighted by atomic mass is 16.5. The van der Waals surface area contributed by atoms with Gasteiger partial charge in [-0.15, -0.1) is 0 Å². The lowest BCUT2D eigenvalue weighted by Gasteiger charge is -2.09. The van der Waals surface area contributed by atoms with Gasteiger partial charge in [-0.25, -0.2) is 4.68 Å². The average molecular weight is 246 g/mol. The lowest BCUT2D eigenvalue weighted by Crippen LogP contribution is -2.09. The molecule has 94 valence electrons. The molecule has 0 saturated heterocycles. The number of ether oxygens (including phenoxy) is 1. The van der Waals surface area contributed by atoms with Gasteiger partial charge < -0.3 is 9.84 Å². The van der Waals surface area contributed by atoms with Gasteiger partial charge in [0.2, 0.25) is 0 Å². The number of carbonyl (C=O) groups is 1. The van der Waals surface area contributed by atoms with E-state index in [0.29, 0.717) is 5.69 Å². The van der Waals surface area contributed by atoms with E-state index in [1.165, 1.54) is 7.11 Å². The van der Waals surface area contributed by atoms with E-state index in [1.807, 2.05) is 30.3 Å². The van der Waals surface area contributed by atoms with Gasteiger partial charge in [-0.1, -0.05) is 18.2 Å². The minimum atomic E-state index is -0.906. The molecule has 1 N–H and O–H groups in total. The number of benzene rings is 1. The van der Waals surface area contributed by atoms with Crippen molar-refractivity contribution in [3.05, 3.63) is 48.3 Å². The molecule has 2 rings (SSSR count). The van der Waals surface area contributed by atoms with Crippen molar-refractivity contribution in [2.24, 2.45) is 0 Å². The van der Waals surface area contributed by atoms with Gasteiger partial charge in [0, 0.05) is 13.3 Å².